The molecule has 1 aliphatic carbocycles. The summed E-state index contributed by atoms with van der Waals surface area (Å²) < 4.78 is 7.72. The lowest BCUT2D eigenvalue weighted by molar-refractivity contribution is -0.0113. The van der Waals surface area contributed by atoms with Crippen molar-refractivity contribution in [1.82, 2.24) is 9.78 Å². The maximum absolute atomic E-state index is 6.43. The molecule has 19 heavy (non-hydrogen) atoms. The molecule has 0 spiro atoms. The van der Waals surface area contributed by atoms with Gasteiger partial charge in [0.2, 0.25) is 0 Å². The van der Waals surface area contributed by atoms with Gasteiger partial charge in [0.15, 0.2) is 0 Å². The number of aromatic nitrogens is 2. The highest BCUT2D eigenvalue weighted by Gasteiger charge is 2.32. The van der Waals surface area contributed by atoms with E-state index in [1.807, 2.05) is 14.0 Å². The molecule has 5 heteroatoms. The highest BCUT2D eigenvalue weighted by atomic mass is 35.5. The van der Waals surface area contributed by atoms with Gasteiger partial charge in [-0.15, -0.1) is 0 Å². The molecule has 0 saturated heterocycles. The van der Waals surface area contributed by atoms with E-state index in [1.165, 1.54) is 32.1 Å². The highest BCUT2D eigenvalue weighted by Crippen LogP contribution is 2.35. The van der Waals surface area contributed by atoms with Crippen molar-refractivity contribution in [3.63, 3.8) is 0 Å². The molecule has 0 bridgehead atoms. The summed E-state index contributed by atoms with van der Waals surface area (Å²) >= 11 is 6.20. The molecule has 2 atom stereocenters. The molecular formula is C14H24ClN3O. The topological polar surface area (TPSA) is 53.1 Å². The van der Waals surface area contributed by atoms with Crippen LogP contribution in [0.3, 0.4) is 0 Å². The van der Waals surface area contributed by atoms with Gasteiger partial charge in [0.1, 0.15) is 0 Å². The molecule has 1 fully saturated rings. The normalized spacial score (nSPS) is 20.4. The van der Waals surface area contributed by atoms with Crippen LogP contribution in [0.1, 0.15) is 50.8 Å². The van der Waals surface area contributed by atoms with Gasteiger partial charge in [-0.2, -0.15) is 5.10 Å². The fraction of sp³-hybridized carbons (Fsp3) is 0.786. The maximum Gasteiger partial charge on any atom is 0.0834 e. The van der Waals surface area contributed by atoms with Crippen LogP contribution >= 0.6 is 11.6 Å². The van der Waals surface area contributed by atoms with Crippen LogP contribution in [-0.2, 0) is 11.8 Å². The molecule has 2 rings (SSSR count). The predicted octanol–water partition coefficient (Wildman–Crippen LogP) is 3.06. The van der Waals surface area contributed by atoms with E-state index in [0.29, 0.717) is 17.5 Å². The van der Waals surface area contributed by atoms with Gasteiger partial charge in [-0.05, 0) is 25.7 Å². The summed E-state index contributed by atoms with van der Waals surface area (Å²) in [5.74, 6) is 0.537. The first kappa shape index (κ1) is 14.8. The Morgan fingerprint density at radius 1 is 1.47 bits per heavy atom. The van der Waals surface area contributed by atoms with Gasteiger partial charge in [0.05, 0.1) is 29.1 Å². The minimum atomic E-state index is -0.206. The van der Waals surface area contributed by atoms with Crippen LogP contribution in [0, 0.1) is 5.92 Å². The monoisotopic (exact) mass is 285 g/mol. The van der Waals surface area contributed by atoms with Gasteiger partial charge in [-0.3, -0.25) is 4.68 Å². The van der Waals surface area contributed by atoms with E-state index in [-0.39, 0.29) is 12.1 Å². The third-order valence-electron chi connectivity index (χ3n) is 4.08. The van der Waals surface area contributed by atoms with E-state index in [0.717, 1.165) is 5.69 Å². The summed E-state index contributed by atoms with van der Waals surface area (Å²) in [5, 5.41) is 4.81. The lowest BCUT2D eigenvalue weighted by atomic mass is 9.82. The molecule has 2 N–H and O–H groups in total. The van der Waals surface area contributed by atoms with Gasteiger partial charge >= 0.3 is 0 Å². The molecule has 1 heterocycles. The second-order valence-corrected chi connectivity index (χ2v) is 5.75. The zero-order valence-corrected chi connectivity index (χ0v) is 12.6. The molecule has 2 unspecified atom stereocenters. The van der Waals surface area contributed by atoms with Crippen LogP contribution in [0.25, 0.3) is 0 Å². The Morgan fingerprint density at radius 3 is 2.68 bits per heavy atom. The van der Waals surface area contributed by atoms with Gasteiger partial charge in [-0.1, -0.05) is 30.9 Å². The SMILES string of the molecule is CCOC(C1CCCCC1)C(N)c1c(Cl)cnn1C. The molecule has 0 amide bonds. The summed E-state index contributed by atoms with van der Waals surface area (Å²) in [7, 11) is 1.88. The number of hydrogen-bond acceptors (Lipinski definition) is 3. The van der Waals surface area contributed by atoms with Gasteiger partial charge in [0, 0.05) is 13.7 Å². The van der Waals surface area contributed by atoms with Crippen LogP contribution in [-0.4, -0.2) is 22.5 Å². The standard InChI is InChI=1S/C14H24ClN3O/c1-3-19-14(10-7-5-4-6-8-10)12(16)13-11(15)9-17-18(13)2/h9-10,12,14H,3-8,16H2,1-2H3. The fourth-order valence-electron chi connectivity index (χ4n) is 3.14. The van der Waals surface area contributed by atoms with Crippen molar-refractivity contribution in [3.8, 4) is 0 Å². The van der Waals surface area contributed by atoms with Crippen molar-refractivity contribution < 1.29 is 4.74 Å². The van der Waals surface area contributed by atoms with Gasteiger partial charge in [-0.25, -0.2) is 0 Å². The molecule has 1 aromatic heterocycles. The van der Waals surface area contributed by atoms with E-state index < -0.39 is 0 Å². The van der Waals surface area contributed by atoms with Crippen LogP contribution in [0.15, 0.2) is 6.20 Å². The minimum Gasteiger partial charge on any atom is -0.376 e. The molecule has 0 aliphatic heterocycles. The smallest absolute Gasteiger partial charge is 0.0834 e. The highest BCUT2D eigenvalue weighted by molar-refractivity contribution is 6.31. The summed E-state index contributed by atoms with van der Waals surface area (Å²) in [5.41, 5.74) is 7.31. The first-order valence-electron chi connectivity index (χ1n) is 7.19. The number of rotatable bonds is 5. The number of ether oxygens (including phenoxy) is 1. The number of hydrogen-bond donors (Lipinski definition) is 1. The van der Waals surface area contributed by atoms with Crippen LogP contribution in [0.4, 0.5) is 0 Å². The fourth-order valence-corrected chi connectivity index (χ4v) is 3.43. The molecule has 0 radical (unpaired) electrons. The predicted molar refractivity (Wildman–Crippen MR) is 77.1 cm³/mol. The summed E-state index contributed by atoms with van der Waals surface area (Å²) in [6.45, 7) is 2.71. The Hall–Kier alpha value is -0.580. The molecule has 4 nitrogen and oxygen atoms in total. The van der Waals surface area contributed by atoms with E-state index >= 15 is 0 Å². The van der Waals surface area contributed by atoms with Crippen molar-refractivity contribution in [2.45, 2.75) is 51.2 Å². The molecular weight excluding hydrogens is 262 g/mol. The average molecular weight is 286 g/mol. The second kappa shape index (κ2) is 6.73. The Kier molecular flexibility index (Phi) is 5.25. The number of nitrogens with zero attached hydrogens (tertiary/aromatic N) is 2. The van der Waals surface area contributed by atoms with Crippen LogP contribution < -0.4 is 5.73 Å². The molecule has 1 aliphatic rings. The van der Waals surface area contributed by atoms with E-state index in [9.17, 15) is 0 Å². The van der Waals surface area contributed by atoms with Crippen molar-refractivity contribution in [1.29, 1.82) is 0 Å². The Morgan fingerprint density at radius 2 is 2.16 bits per heavy atom. The second-order valence-electron chi connectivity index (χ2n) is 5.35. The Bertz CT molecular complexity index is 382. The number of halogens is 1. The summed E-state index contributed by atoms with van der Waals surface area (Å²) in [6.07, 6.45) is 7.98. The molecule has 108 valence electrons. The Labute approximate surface area is 120 Å². The summed E-state index contributed by atoms with van der Waals surface area (Å²) in [6, 6.07) is -0.206. The van der Waals surface area contributed by atoms with E-state index in [1.54, 1.807) is 10.9 Å². The first-order chi connectivity index (χ1) is 9.15. The minimum absolute atomic E-state index is 0.0400. The number of nitrogens with two attached hydrogens (primary N) is 1. The van der Waals surface area contributed by atoms with Crippen molar-refractivity contribution >= 4 is 11.6 Å². The van der Waals surface area contributed by atoms with Crippen molar-refractivity contribution in [2.24, 2.45) is 18.7 Å². The van der Waals surface area contributed by atoms with Gasteiger partial charge < -0.3 is 10.5 Å². The number of aryl methyl sites for hydroxylation is 1. The van der Waals surface area contributed by atoms with E-state index in [2.05, 4.69) is 5.10 Å². The molecule has 1 aromatic rings. The lowest BCUT2D eigenvalue weighted by Gasteiger charge is -2.34. The lowest BCUT2D eigenvalue weighted by Crippen LogP contribution is -2.37. The first-order valence-corrected chi connectivity index (χ1v) is 7.57. The molecule has 1 saturated carbocycles. The average Bonchev–Trinajstić information content (AvgIpc) is 2.76. The van der Waals surface area contributed by atoms with Crippen molar-refractivity contribution in [2.75, 3.05) is 6.61 Å². The Balaban J connectivity index is 2.18. The zero-order chi connectivity index (χ0) is 13.8. The van der Waals surface area contributed by atoms with E-state index in [4.69, 9.17) is 22.1 Å². The third kappa shape index (κ3) is 3.30. The quantitative estimate of drug-likeness (QED) is 0.905. The third-order valence-corrected chi connectivity index (χ3v) is 4.37. The summed E-state index contributed by atoms with van der Waals surface area (Å²) in [4.78, 5) is 0. The maximum atomic E-state index is 6.43. The van der Waals surface area contributed by atoms with Crippen molar-refractivity contribution in [3.05, 3.63) is 16.9 Å². The molecule has 0 aromatic carbocycles. The van der Waals surface area contributed by atoms with Crippen LogP contribution in [0.5, 0.6) is 0 Å². The largest absolute Gasteiger partial charge is 0.376 e. The van der Waals surface area contributed by atoms with Gasteiger partial charge in [0.25, 0.3) is 0 Å². The van der Waals surface area contributed by atoms with Crippen LogP contribution in [0.2, 0.25) is 5.02 Å². The zero-order valence-electron chi connectivity index (χ0n) is 11.8.